The van der Waals surface area contributed by atoms with Crippen molar-refractivity contribution in [2.24, 2.45) is 0 Å². The normalized spacial score (nSPS) is 11.5. The Morgan fingerprint density at radius 2 is 1.86 bits per heavy atom. The molecule has 0 aliphatic heterocycles. The maximum absolute atomic E-state index is 12.0. The summed E-state index contributed by atoms with van der Waals surface area (Å²) < 4.78 is 26.5. The zero-order valence-corrected chi connectivity index (χ0v) is 13.9. The van der Waals surface area contributed by atoms with Crippen LogP contribution in [0.3, 0.4) is 0 Å². The molecule has 6 heteroatoms. The highest BCUT2D eigenvalue weighted by Crippen LogP contribution is 2.19. The first-order valence-corrected chi connectivity index (χ1v) is 9.26. The lowest BCUT2D eigenvalue weighted by Gasteiger charge is -2.08. The Morgan fingerprint density at radius 3 is 2.43 bits per heavy atom. The lowest BCUT2D eigenvalue weighted by molar-refractivity contribution is 0.581. The summed E-state index contributed by atoms with van der Waals surface area (Å²) in [5.41, 5.74) is 2.19. The standard InChI is InChI=1S/C15H20N2O2S2/c1-3-9-17-21(18,19)14-6-4-13(5-7-14)16-11-15-12(2)8-10-20-15/h4-8,10,16-17H,3,9,11H2,1-2H3. The minimum Gasteiger partial charge on any atom is -0.380 e. The predicted octanol–water partition coefficient (Wildman–Crippen LogP) is 3.36. The van der Waals surface area contributed by atoms with Gasteiger partial charge in [-0.2, -0.15) is 0 Å². The largest absolute Gasteiger partial charge is 0.380 e. The van der Waals surface area contributed by atoms with Crippen molar-refractivity contribution in [2.45, 2.75) is 31.7 Å². The van der Waals surface area contributed by atoms with Gasteiger partial charge in [-0.15, -0.1) is 11.3 Å². The molecule has 0 bridgehead atoms. The fraction of sp³-hybridized carbons (Fsp3) is 0.333. The molecule has 0 fully saturated rings. The molecule has 0 aliphatic rings. The minimum absolute atomic E-state index is 0.300. The minimum atomic E-state index is -3.38. The van der Waals surface area contributed by atoms with Crippen molar-refractivity contribution in [3.63, 3.8) is 0 Å². The molecule has 0 radical (unpaired) electrons. The van der Waals surface area contributed by atoms with Crippen LogP contribution in [0.2, 0.25) is 0 Å². The molecule has 0 unspecified atom stereocenters. The van der Waals surface area contributed by atoms with Crippen molar-refractivity contribution in [2.75, 3.05) is 11.9 Å². The molecule has 1 aromatic heterocycles. The van der Waals surface area contributed by atoms with Gasteiger partial charge in [0.15, 0.2) is 0 Å². The smallest absolute Gasteiger partial charge is 0.240 e. The quantitative estimate of drug-likeness (QED) is 0.821. The molecule has 2 rings (SSSR count). The topological polar surface area (TPSA) is 58.2 Å². The van der Waals surface area contributed by atoms with Crippen LogP contribution in [0, 0.1) is 6.92 Å². The second kappa shape index (κ2) is 7.06. The fourth-order valence-electron chi connectivity index (χ4n) is 1.84. The number of rotatable bonds is 7. The van der Waals surface area contributed by atoms with Crippen molar-refractivity contribution in [3.05, 3.63) is 46.2 Å². The first-order valence-electron chi connectivity index (χ1n) is 6.89. The molecular formula is C15H20N2O2S2. The summed E-state index contributed by atoms with van der Waals surface area (Å²) in [4.78, 5) is 1.59. The number of hydrogen-bond acceptors (Lipinski definition) is 4. The van der Waals surface area contributed by atoms with Crippen molar-refractivity contribution >= 4 is 27.0 Å². The van der Waals surface area contributed by atoms with Gasteiger partial charge < -0.3 is 5.32 Å². The Labute approximate surface area is 130 Å². The van der Waals surface area contributed by atoms with Gasteiger partial charge in [0, 0.05) is 23.7 Å². The molecule has 1 heterocycles. The van der Waals surface area contributed by atoms with Gasteiger partial charge in [-0.1, -0.05) is 6.92 Å². The van der Waals surface area contributed by atoms with Crippen LogP contribution in [0.15, 0.2) is 40.6 Å². The van der Waals surface area contributed by atoms with Gasteiger partial charge >= 0.3 is 0 Å². The third-order valence-electron chi connectivity index (χ3n) is 3.13. The molecule has 0 amide bonds. The fourth-order valence-corrected chi connectivity index (χ4v) is 3.82. The first kappa shape index (κ1) is 16.0. The summed E-state index contributed by atoms with van der Waals surface area (Å²) in [5, 5.41) is 5.38. The average Bonchev–Trinajstić information content (AvgIpc) is 2.89. The summed E-state index contributed by atoms with van der Waals surface area (Å²) in [6.45, 7) is 5.23. The number of nitrogens with one attached hydrogen (secondary N) is 2. The summed E-state index contributed by atoms with van der Waals surface area (Å²) in [6, 6.07) is 8.94. The number of aryl methyl sites for hydroxylation is 1. The van der Waals surface area contributed by atoms with Gasteiger partial charge in [-0.25, -0.2) is 13.1 Å². The van der Waals surface area contributed by atoms with Crippen LogP contribution in [0.1, 0.15) is 23.8 Å². The van der Waals surface area contributed by atoms with E-state index >= 15 is 0 Å². The van der Waals surface area contributed by atoms with Crippen molar-refractivity contribution in [3.8, 4) is 0 Å². The summed E-state index contributed by atoms with van der Waals surface area (Å²) in [7, 11) is -3.38. The summed E-state index contributed by atoms with van der Waals surface area (Å²) in [5.74, 6) is 0. The highest BCUT2D eigenvalue weighted by Gasteiger charge is 2.12. The van der Waals surface area contributed by atoms with Crippen molar-refractivity contribution in [1.29, 1.82) is 0 Å². The SMILES string of the molecule is CCCNS(=O)(=O)c1ccc(NCc2sccc2C)cc1. The summed E-state index contributed by atoms with van der Waals surface area (Å²) in [6.07, 6.45) is 0.777. The monoisotopic (exact) mass is 324 g/mol. The predicted molar refractivity (Wildman–Crippen MR) is 88.3 cm³/mol. The lowest BCUT2D eigenvalue weighted by Crippen LogP contribution is -2.24. The Balaban J connectivity index is 2.00. The molecule has 4 nitrogen and oxygen atoms in total. The van der Waals surface area contributed by atoms with Gasteiger partial charge in [0.2, 0.25) is 10.0 Å². The van der Waals surface area contributed by atoms with Crippen molar-refractivity contribution < 1.29 is 8.42 Å². The van der Waals surface area contributed by atoms with E-state index in [1.165, 1.54) is 10.4 Å². The molecule has 0 saturated carbocycles. The maximum atomic E-state index is 12.0. The third kappa shape index (κ3) is 4.30. The van der Waals surface area contributed by atoms with E-state index in [9.17, 15) is 8.42 Å². The van der Waals surface area contributed by atoms with Crippen LogP contribution >= 0.6 is 11.3 Å². The number of thiophene rings is 1. The van der Waals surface area contributed by atoms with E-state index in [-0.39, 0.29) is 0 Å². The van der Waals surface area contributed by atoms with E-state index in [2.05, 4.69) is 28.4 Å². The molecule has 1 aromatic carbocycles. The molecule has 0 atom stereocenters. The summed E-state index contributed by atoms with van der Waals surface area (Å²) >= 11 is 1.72. The van der Waals surface area contributed by atoms with Crippen LogP contribution in [0.25, 0.3) is 0 Å². The highest BCUT2D eigenvalue weighted by molar-refractivity contribution is 7.89. The van der Waals surface area contributed by atoms with Gasteiger partial charge in [0.05, 0.1) is 4.90 Å². The molecule has 0 spiro atoms. The van der Waals surface area contributed by atoms with Gasteiger partial charge in [-0.3, -0.25) is 0 Å². The molecular weight excluding hydrogens is 304 g/mol. The van der Waals surface area contributed by atoms with Crippen LogP contribution in [0.4, 0.5) is 5.69 Å². The van der Waals surface area contributed by atoms with Crippen LogP contribution in [0.5, 0.6) is 0 Å². The van der Waals surface area contributed by atoms with E-state index in [1.807, 2.05) is 6.92 Å². The lowest BCUT2D eigenvalue weighted by atomic mass is 10.2. The van der Waals surface area contributed by atoms with Crippen LogP contribution in [-0.2, 0) is 16.6 Å². The zero-order chi connectivity index (χ0) is 15.3. The van der Waals surface area contributed by atoms with Crippen LogP contribution < -0.4 is 10.0 Å². The van der Waals surface area contributed by atoms with Gasteiger partial charge in [-0.05, 0) is 54.6 Å². The maximum Gasteiger partial charge on any atom is 0.240 e. The average molecular weight is 324 g/mol. The highest BCUT2D eigenvalue weighted by atomic mass is 32.2. The molecule has 2 aromatic rings. The zero-order valence-electron chi connectivity index (χ0n) is 12.2. The van der Waals surface area contributed by atoms with Crippen molar-refractivity contribution in [1.82, 2.24) is 4.72 Å². The molecule has 0 saturated heterocycles. The molecule has 0 aliphatic carbocycles. The van der Waals surface area contributed by atoms with Gasteiger partial charge in [0.25, 0.3) is 0 Å². The number of hydrogen-bond donors (Lipinski definition) is 2. The second-order valence-corrected chi connectivity index (χ2v) is 7.57. The molecule has 114 valence electrons. The van der Waals surface area contributed by atoms with E-state index in [0.717, 1.165) is 18.7 Å². The van der Waals surface area contributed by atoms with E-state index in [1.54, 1.807) is 35.6 Å². The number of benzene rings is 1. The van der Waals surface area contributed by atoms with E-state index < -0.39 is 10.0 Å². The third-order valence-corrected chi connectivity index (χ3v) is 5.63. The van der Waals surface area contributed by atoms with E-state index in [0.29, 0.717) is 11.4 Å². The van der Waals surface area contributed by atoms with Gasteiger partial charge in [0.1, 0.15) is 0 Å². The van der Waals surface area contributed by atoms with Crippen LogP contribution in [-0.4, -0.2) is 15.0 Å². The number of sulfonamides is 1. The Kier molecular flexibility index (Phi) is 5.39. The second-order valence-electron chi connectivity index (χ2n) is 4.80. The molecule has 2 N–H and O–H groups in total. The Bertz CT molecular complexity index is 676. The Hall–Kier alpha value is -1.37. The Morgan fingerprint density at radius 1 is 1.14 bits per heavy atom. The van der Waals surface area contributed by atoms with E-state index in [4.69, 9.17) is 0 Å². The first-order chi connectivity index (χ1) is 10.0. The molecule has 21 heavy (non-hydrogen) atoms. The number of anilines is 1.